The fourth-order valence-electron chi connectivity index (χ4n) is 0.286. The lowest BCUT2D eigenvalue weighted by atomic mass is 10.4. The molecule has 0 fully saturated rings. The predicted octanol–water partition coefficient (Wildman–Crippen LogP) is 0.835. The van der Waals surface area contributed by atoms with Gasteiger partial charge in [0, 0.05) is 6.08 Å². The van der Waals surface area contributed by atoms with E-state index in [0.29, 0.717) is 0 Å². The van der Waals surface area contributed by atoms with Crippen molar-refractivity contribution in [2.45, 2.75) is 0 Å². The monoisotopic (exact) mass is 176 g/mol. The number of carboxylic acids is 2. The average molecular weight is 177 g/mol. The number of carboxylic acid groups (broad SMARTS) is 2. The van der Waals surface area contributed by atoms with Crippen LogP contribution in [0.2, 0.25) is 0 Å². The van der Waals surface area contributed by atoms with Crippen molar-refractivity contribution in [3.8, 4) is 0 Å². The van der Waals surface area contributed by atoms with Crippen LogP contribution in [0.15, 0.2) is 23.3 Å². The minimum Gasteiger partial charge on any atom is -0.478 e. The van der Waals surface area contributed by atoms with Gasteiger partial charge < -0.3 is 10.2 Å². The third-order valence-electron chi connectivity index (χ3n) is 0.686. The molecule has 0 aromatic rings. The van der Waals surface area contributed by atoms with Gasteiger partial charge in [0.25, 0.3) is 0 Å². The molecule has 0 saturated carbocycles. The van der Waals surface area contributed by atoms with Crippen LogP contribution in [-0.2, 0) is 9.59 Å². The maximum absolute atomic E-state index is 9.99. The summed E-state index contributed by atoms with van der Waals surface area (Å²) in [6.45, 7) is 0. The molecule has 0 aromatic carbocycles. The summed E-state index contributed by atoms with van der Waals surface area (Å²) in [4.78, 5) is 19.8. The molecule has 4 nitrogen and oxygen atoms in total. The Balaban J connectivity index is 4.13. The fraction of sp³-hybridized carbons (Fsp3) is 0. The van der Waals surface area contributed by atoms with Gasteiger partial charge in [-0.2, -0.15) is 0 Å². The van der Waals surface area contributed by atoms with Crippen LogP contribution in [0, 0.1) is 0 Å². The van der Waals surface area contributed by atoms with Gasteiger partial charge in [0.15, 0.2) is 0 Å². The number of hydrogen-bond acceptors (Lipinski definition) is 2. The topological polar surface area (TPSA) is 74.6 Å². The van der Waals surface area contributed by atoms with Crippen LogP contribution >= 0.6 is 11.6 Å². The van der Waals surface area contributed by atoms with Crippen LogP contribution < -0.4 is 0 Å². The quantitative estimate of drug-likeness (QED) is 0.494. The Morgan fingerprint density at radius 3 is 2.18 bits per heavy atom. The van der Waals surface area contributed by atoms with E-state index in [4.69, 9.17) is 21.8 Å². The van der Waals surface area contributed by atoms with Gasteiger partial charge in [0.2, 0.25) is 0 Å². The Bertz CT molecular complexity index is 229. The standard InChI is InChI=1S/C6H5ClO4/c7-4(6(10)11)2-1-3-5(8)9/h1-3H,(H,8,9)(H,10,11)/b3-1-,4-2-. The minimum atomic E-state index is -1.29. The van der Waals surface area contributed by atoms with Crippen LogP contribution in [0.5, 0.6) is 0 Å². The first-order chi connectivity index (χ1) is 5.04. The van der Waals surface area contributed by atoms with Gasteiger partial charge in [-0.3, -0.25) is 0 Å². The summed E-state index contributed by atoms with van der Waals surface area (Å²) in [6.07, 6.45) is 2.81. The average Bonchev–Trinajstić information content (AvgIpc) is 1.86. The second kappa shape index (κ2) is 4.51. The zero-order chi connectivity index (χ0) is 8.85. The number of hydrogen-bond donors (Lipinski definition) is 2. The highest BCUT2D eigenvalue weighted by atomic mass is 35.5. The Morgan fingerprint density at radius 2 is 1.82 bits per heavy atom. The highest BCUT2D eigenvalue weighted by Crippen LogP contribution is 2.00. The SMILES string of the molecule is O=C(O)/C=C\C=C(/Cl)C(=O)O. The maximum atomic E-state index is 9.99. The van der Waals surface area contributed by atoms with Crippen molar-refractivity contribution in [3.63, 3.8) is 0 Å². The van der Waals surface area contributed by atoms with Crippen LogP contribution in [0.4, 0.5) is 0 Å². The summed E-state index contributed by atoms with van der Waals surface area (Å²) in [5.41, 5.74) is 0. The fourth-order valence-corrected chi connectivity index (χ4v) is 0.359. The summed E-state index contributed by atoms with van der Waals surface area (Å²) in [7, 11) is 0. The van der Waals surface area contributed by atoms with Crippen molar-refractivity contribution in [2.24, 2.45) is 0 Å². The summed E-state index contributed by atoms with van der Waals surface area (Å²) in [5.74, 6) is -2.45. The molecule has 60 valence electrons. The molecule has 0 saturated heterocycles. The smallest absolute Gasteiger partial charge is 0.347 e. The largest absolute Gasteiger partial charge is 0.478 e. The lowest BCUT2D eigenvalue weighted by molar-refractivity contribution is -0.132. The molecule has 0 rings (SSSR count). The Kier molecular flexibility index (Phi) is 3.98. The number of aliphatic carboxylic acids is 2. The maximum Gasteiger partial charge on any atom is 0.347 e. The summed E-state index contributed by atoms with van der Waals surface area (Å²) in [6, 6.07) is 0. The van der Waals surface area contributed by atoms with Crippen molar-refractivity contribution in [2.75, 3.05) is 0 Å². The number of halogens is 1. The van der Waals surface area contributed by atoms with Crippen molar-refractivity contribution in [1.29, 1.82) is 0 Å². The molecule has 2 N–H and O–H groups in total. The third-order valence-corrected chi connectivity index (χ3v) is 0.973. The molecule has 0 aromatic heterocycles. The molecule has 11 heavy (non-hydrogen) atoms. The first-order valence-corrected chi connectivity index (χ1v) is 2.92. The van der Waals surface area contributed by atoms with E-state index >= 15 is 0 Å². The van der Waals surface area contributed by atoms with Gasteiger partial charge in [-0.05, 0) is 6.08 Å². The number of rotatable bonds is 3. The van der Waals surface area contributed by atoms with Crippen molar-refractivity contribution in [1.82, 2.24) is 0 Å². The molecule has 0 unspecified atom stereocenters. The highest BCUT2D eigenvalue weighted by Gasteiger charge is 1.98. The van der Waals surface area contributed by atoms with E-state index in [1.54, 1.807) is 0 Å². The van der Waals surface area contributed by atoms with Crippen LogP contribution in [0.1, 0.15) is 0 Å². The molecule has 0 aliphatic rings. The molecule has 0 aliphatic heterocycles. The molecule has 0 bridgehead atoms. The number of allylic oxidation sites excluding steroid dienone is 2. The Morgan fingerprint density at radius 1 is 1.27 bits per heavy atom. The van der Waals surface area contributed by atoms with E-state index in [2.05, 4.69) is 0 Å². The zero-order valence-electron chi connectivity index (χ0n) is 5.32. The summed E-state index contributed by atoms with van der Waals surface area (Å²) < 4.78 is 0. The Labute approximate surface area is 67.4 Å². The summed E-state index contributed by atoms with van der Waals surface area (Å²) in [5, 5.41) is 15.8. The molecule has 0 atom stereocenters. The van der Waals surface area contributed by atoms with Crippen LogP contribution in [0.3, 0.4) is 0 Å². The van der Waals surface area contributed by atoms with Crippen molar-refractivity contribution >= 4 is 23.5 Å². The molecular formula is C6H5ClO4. The molecule has 5 heteroatoms. The summed E-state index contributed by atoms with van der Waals surface area (Å²) >= 11 is 5.12. The second-order valence-corrected chi connectivity index (χ2v) is 1.92. The number of carbonyl (C=O) groups is 2. The van der Waals surface area contributed by atoms with Gasteiger partial charge in [0.05, 0.1) is 0 Å². The van der Waals surface area contributed by atoms with E-state index < -0.39 is 17.0 Å². The van der Waals surface area contributed by atoms with Crippen LogP contribution in [0.25, 0.3) is 0 Å². The van der Waals surface area contributed by atoms with Gasteiger partial charge in [-0.25, -0.2) is 9.59 Å². The van der Waals surface area contributed by atoms with Crippen LogP contribution in [-0.4, -0.2) is 22.2 Å². The molecule has 0 aliphatic carbocycles. The van der Waals surface area contributed by atoms with E-state index in [0.717, 1.165) is 18.2 Å². The molecule has 0 heterocycles. The van der Waals surface area contributed by atoms with E-state index in [-0.39, 0.29) is 0 Å². The Hall–Kier alpha value is -1.29. The van der Waals surface area contributed by atoms with Crippen molar-refractivity contribution in [3.05, 3.63) is 23.3 Å². The van der Waals surface area contributed by atoms with Gasteiger partial charge in [-0.15, -0.1) is 0 Å². The van der Waals surface area contributed by atoms with Crippen molar-refractivity contribution < 1.29 is 19.8 Å². The van der Waals surface area contributed by atoms with Gasteiger partial charge >= 0.3 is 11.9 Å². The molecule has 0 amide bonds. The third kappa shape index (κ3) is 5.17. The lowest BCUT2D eigenvalue weighted by Gasteiger charge is -1.83. The molecule has 0 spiro atoms. The van der Waals surface area contributed by atoms with E-state index in [9.17, 15) is 9.59 Å². The molecule has 0 radical (unpaired) electrons. The minimum absolute atomic E-state index is 0.428. The van der Waals surface area contributed by atoms with Gasteiger partial charge in [0.1, 0.15) is 5.03 Å². The predicted molar refractivity (Wildman–Crippen MR) is 38.3 cm³/mol. The highest BCUT2D eigenvalue weighted by molar-refractivity contribution is 6.41. The molecular weight excluding hydrogens is 172 g/mol. The normalized spacial score (nSPS) is 11.9. The van der Waals surface area contributed by atoms with E-state index in [1.807, 2.05) is 0 Å². The van der Waals surface area contributed by atoms with E-state index in [1.165, 1.54) is 0 Å². The first-order valence-electron chi connectivity index (χ1n) is 2.54. The second-order valence-electron chi connectivity index (χ2n) is 1.52. The van der Waals surface area contributed by atoms with Gasteiger partial charge in [-0.1, -0.05) is 17.7 Å². The zero-order valence-corrected chi connectivity index (χ0v) is 6.08. The lowest BCUT2D eigenvalue weighted by Crippen LogP contribution is -1.92. The first kappa shape index (κ1) is 9.71.